The molecule has 0 spiro atoms. The number of benzene rings is 2. The summed E-state index contributed by atoms with van der Waals surface area (Å²) in [4.78, 5) is 29.3. The number of hydrogen-bond acceptors (Lipinski definition) is 3. The van der Waals surface area contributed by atoms with Crippen LogP contribution in [0.1, 0.15) is 5.69 Å². The molecule has 0 bridgehead atoms. The van der Waals surface area contributed by atoms with E-state index in [1.54, 1.807) is 4.90 Å². The van der Waals surface area contributed by atoms with E-state index in [-0.39, 0.29) is 12.5 Å². The van der Waals surface area contributed by atoms with E-state index in [1.807, 2.05) is 60.7 Å². The summed E-state index contributed by atoms with van der Waals surface area (Å²) in [5, 5.41) is 8.84. The standard InChI is InChI=1S/C18H15N3O3/c22-17(23)11-14-12-20(13-19-14)18(24)21(15-7-3-1-4-8-15)16-9-5-2-6-10-16/h1-10,12-13H,11H2,(H,22,23). The number of nitrogens with zero attached hydrogens (tertiary/aromatic N) is 3. The largest absolute Gasteiger partial charge is 0.481 e. The SMILES string of the molecule is O=C(O)Cc1cn(C(=O)N(c2ccccc2)c2ccccc2)cn1. The van der Waals surface area contributed by atoms with E-state index in [1.165, 1.54) is 17.1 Å². The quantitative estimate of drug-likeness (QED) is 0.800. The van der Waals surface area contributed by atoms with Crippen molar-refractivity contribution in [2.75, 3.05) is 4.90 Å². The van der Waals surface area contributed by atoms with E-state index in [0.29, 0.717) is 17.1 Å². The van der Waals surface area contributed by atoms with Gasteiger partial charge in [-0.3, -0.25) is 14.3 Å². The third-order valence-corrected chi connectivity index (χ3v) is 3.41. The average molecular weight is 321 g/mol. The van der Waals surface area contributed by atoms with Crippen LogP contribution in [0.2, 0.25) is 0 Å². The Kier molecular flexibility index (Phi) is 4.38. The Balaban J connectivity index is 1.98. The first kappa shape index (κ1) is 15.5. The molecule has 1 heterocycles. The maximum Gasteiger partial charge on any atom is 0.338 e. The molecule has 0 radical (unpaired) electrons. The van der Waals surface area contributed by atoms with E-state index in [2.05, 4.69) is 4.98 Å². The van der Waals surface area contributed by atoms with Crippen LogP contribution in [0.15, 0.2) is 73.2 Å². The van der Waals surface area contributed by atoms with Crippen LogP contribution < -0.4 is 4.90 Å². The molecule has 0 atom stereocenters. The van der Waals surface area contributed by atoms with Crippen molar-refractivity contribution in [3.8, 4) is 0 Å². The van der Waals surface area contributed by atoms with Crippen molar-refractivity contribution >= 4 is 23.4 Å². The maximum atomic E-state index is 12.9. The van der Waals surface area contributed by atoms with Crippen molar-refractivity contribution in [2.45, 2.75) is 6.42 Å². The third kappa shape index (κ3) is 3.33. The molecule has 0 aliphatic rings. The number of hydrogen-bond donors (Lipinski definition) is 1. The van der Waals surface area contributed by atoms with Crippen molar-refractivity contribution in [2.24, 2.45) is 0 Å². The summed E-state index contributed by atoms with van der Waals surface area (Å²) in [5.74, 6) is -0.990. The minimum atomic E-state index is -0.990. The van der Waals surface area contributed by atoms with Gasteiger partial charge in [0.15, 0.2) is 0 Å². The number of amides is 1. The molecule has 0 fully saturated rings. The summed E-state index contributed by atoms with van der Waals surface area (Å²) in [6, 6.07) is 18.1. The first-order valence-electron chi connectivity index (χ1n) is 7.34. The van der Waals surface area contributed by atoms with Gasteiger partial charge in [-0.2, -0.15) is 0 Å². The number of aliphatic carboxylic acids is 1. The van der Waals surface area contributed by atoms with E-state index in [4.69, 9.17) is 5.11 Å². The molecule has 0 aliphatic carbocycles. The molecule has 6 nitrogen and oxygen atoms in total. The summed E-state index contributed by atoms with van der Waals surface area (Å²) in [6.45, 7) is 0. The molecule has 24 heavy (non-hydrogen) atoms. The van der Waals surface area contributed by atoms with Gasteiger partial charge in [0.25, 0.3) is 0 Å². The zero-order valence-electron chi connectivity index (χ0n) is 12.7. The smallest absolute Gasteiger partial charge is 0.338 e. The molecule has 1 amide bonds. The average Bonchev–Trinajstić information content (AvgIpc) is 3.05. The second-order valence-electron chi connectivity index (χ2n) is 5.13. The van der Waals surface area contributed by atoms with Gasteiger partial charge in [0, 0.05) is 6.20 Å². The van der Waals surface area contributed by atoms with Gasteiger partial charge in [0.2, 0.25) is 0 Å². The zero-order valence-corrected chi connectivity index (χ0v) is 12.7. The predicted molar refractivity (Wildman–Crippen MR) is 89.4 cm³/mol. The number of carbonyl (C=O) groups excluding carboxylic acids is 1. The predicted octanol–water partition coefficient (Wildman–Crippen LogP) is 3.32. The minimum Gasteiger partial charge on any atom is -0.481 e. The lowest BCUT2D eigenvalue weighted by Gasteiger charge is -2.22. The van der Waals surface area contributed by atoms with Crippen molar-refractivity contribution < 1.29 is 14.7 Å². The molecule has 0 saturated carbocycles. The molecule has 1 N–H and O–H groups in total. The Morgan fingerprint density at radius 3 is 2.00 bits per heavy atom. The second kappa shape index (κ2) is 6.78. The molecule has 120 valence electrons. The number of aromatic nitrogens is 2. The van der Waals surface area contributed by atoms with Crippen LogP contribution in [0.25, 0.3) is 0 Å². The minimum absolute atomic E-state index is 0.225. The molecule has 1 aromatic heterocycles. The molecule has 2 aromatic carbocycles. The van der Waals surface area contributed by atoms with Crippen LogP contribution in [-0.4, -0.2) is 26.7 Å². The van der Waals surface area contributed by atoms with Gasteiger partial charge in [-0.15, -0.1) is 0 Å². The summed E-state index contributed by atoms with van der Waals surface area (Å²) in [7, 11) is 0. The third-order valence-electron chi connectivity index (χ3n) is 3.41. The van der Waals surface area contributed by atoms with Gasteiger partial charge in [-0.25, -0.2) is 9.78 Å². The highest BCUT2D eigenvalue weighted by molar-refractivity contribution is 6.00. The van der Waals surface area contributed by atoms with Crippen molar-refractivity contribution in [3.63, 3.8) is 0 Å². The molecular formula is C18H15N3O3. The number of carboxylic acids is 1. The zero-order chi connectivity index (χ0) is 16.9. The van der Waals surface area contributed by atoms with Crippen molar-refractivity contribution in [1.29, 1.82) is 0 Å². The van der Waals surface area contributed by atoms with Gasteiger partial charge in [-0.1, -0.05) is 36.4 Å². The second-order valence-corrected chi connectivity index (χ2v) is 5.13. The van der Waals surface area contributed by atoms with Crippen molar-refractivity contribution in [1.82, 2.24) is 9.55 Å². The molecule has 0 saturated heterocycles. The molecule has 0 unspecified atom stereocenters. The number of para-hydroxylation sites is 2. The van der Waals surface area contributed by atoms with Crippen LogP contribution in [0.3, 0.4) is 0 Å². The van der Waals surface area contributed by atoms with Crippen LogP contribution >= 0.6 is 0 Å². The molecule has 0 aliphatic heterocycles. The fourth-order valence-electron chi connectivity index (χ4n) is 2.35. The normalized spacial score (nSPS) is 10.3. The lowest BCUT2D eigenvalue weighted by molar-refractivity contribution is -0.136. The van der Waals surface area contributed by atoms with Gasteiger partial charge >= 0.3 is 12.0 Å². The highest BCUT2D eigenvalue weighted by Crippen LogP contribution is 2.26. The number of imidazole rings is 1. The van der Waals surface area contributed by atoms with Gasteiger partial charge in [-0.05, 0) is 24.3 Å². The molecule has 3 rings (SSSR count). The molecular weight excluding hydrogens is 306 g/mol. The molecule has 6 heteroatoms. The summed E-state index contributed by atoms with van der Waals surface area (Å²) in [6.07, 6.45) is 2.55. The first-order chi connectivity index (χ1) is 11.6. The van der Waals surface area contributed by atoms with Gasteiger partial charge in [0.05, 0.1) is 23.5 Å². The number of anilines is 2. The fourth-order valence-corrected chi connectivity index (χ4v) is 2.35. The van der Waals surface area contributed by atoms with E-state index in [0.717, 1.165) is 0 Å². The highest BCUT2D eigenvalue weighted by atomic mass is 16.4. The van der Waals surface area contributed by atoms with Gasteiger partial charge < -0.3 is 5.11 Å². The fraction of sp³-hybridized carbons (Fsp3) is 0.0556. The Morgan fingerprint density at radius 2 is 1.50 bits per heavy atom. The lowest BCUT2D eigenvalue weighted by Crippen LogP contribution is -2.29. The van der Waals surface area contributed by atoms with Crippen LogP contribution in [-0.2, 0) is 11.2 Å². The summed E-state index contributed by atoms with van der Waals surface area (Å²) >= 11 is 0. The first-order valence-corrected chi connectivity index (χ1v) is 7.34. The topological polar surface area (TPSA) is 75.4 Å². The maximum absolute atomic E-state index is 12.9. The number of carboxylic acid groups (broad SMARTS) is 1. The summed E-state index contributed by atoms with van der Waals surface area (Å²) < 4.78 is 1.29. The van der Waals surface area contributed by atoms with Crippen molar-refractivity contribution in [3.05, 3.63) is 78.9 Å². The molecule has 3 aromatic rings. The van der Waals surface area contributed by atoms with Crippen LogP contribution in [0.4, 0.5) is 16.2 Å². The van der Waals surface area contributed by atoms with E-state index in [9.17, 15) is 9.59 Å². The highest BCUT2D eigenvalue weighted by Gasteiger charge is 2.20. The Bertz CT molecular complexity index is 805. The monoisotopic (exact) mass is 321 g/mol. The number of rotatable bonds is 4. The van der Waals surface area contributed by atoms with Crippen LogP contribution in [0.5, 0.6) is 0 Å². The van der Waals surface area contributed by atoms with E-state index >= 15 is 0 Å². The van der Waals surface area contributed by atoms with Gasteiger partial charge in [0.1, 0.15) is 6.33 Å². The Hall–Kier alpha value is -3.41. The van der Waals surface area contributed by atoms with Crippen LogP contribution in [0, 0.1) is 0 Å². The Labute approximate surface area is 138 Å². The Morgan fingerprint density at radius 1 is 0.958 bits per heavy atom. The summed E-state index contributed by atoms with van der Waals surface area (Å²) in [5.41, 5.74) is 1.75. The lowest BCUT2D eigenvalue weighted by atomic mass is 10.2. The van der Waals surface area contributed by atoms with E-state index < -0.39 is 5.97 Å². The number of carbonyl (C=O) groups is 2.